The lowest BCUT2D eigenvalue weighted by Gasteiger charge is -2.60. The molecule has 1 aliphatic heterocycles. The molecule has 7 heteroatoms. The highest BCUT2D eigenvalue weighted by Crippen LogP contribution is 2.62. The number of esters is 2. The van der Waals surface area contributed by atoms with Crippen molar-refractivity contribution < 1.29 is 34.1 Å². The number of fused-ring (bicyclic) bond motifs is 1. The van der Waals surface area contributed by atoms with Gasteiger partial charge in [0.05, 0.1) is 35.7 Å². The van der Waals surface area contributed by atoms with Crippen LogP contribution in [0.15, 0.2) is 60.4 Å². The maximum atomic E-state index is 12.9. The molecule has 1 aromatic rings. The summed E-state index contributed by atoms with van der Waals surface area (Å²) in [6.45, 7) is 8.48. The molecule has 35 heavy (non-hydrogen) atoms. The molecule has 0 radical (unpaired) electrons. The van der Waals surface area contributed by atoms with Crippen LogP contribution in [0, 0.1) is 22.7 Å². The Kier molecular flexibility index (Phi) is 6.73. The molecule has 2 aliphatic carbocycles. The Morgan fingerprint density at radius 2 is 1.94 bits per heavy atom. The Morgan fingerprint density at radius 3 is 2.60 bits per heavy atom. The zero-order chi connectivity index (χ0) is 25.4. The standard InChI is InChI=1S/C28H32O7/c1-17-8-11-22-27(2,21(17)10-9-18-13-15-34-25(18)32)14-12-23(29)28(22,3)16-35-26(33)20-7-5-4-6-19(20)24(30)31/h4-7,9,13,15,21-23,29H,1,8,10-12,14,16H2,2-3H3,(H,30,31)/b18-9+/t21-,22?,23-,27+,28+/m1/s1. The van der Waals surface area contributed by atoms with Gasteiger partial charge < -0.3 is 19.7 Å². The normalized spacial score (nSPS) is 33.3. The monoisotopic (exact) mass is 480 g/mol. The van der Waals surface area contributed by atoms with E-state index in [1.165, 1.54) is 18.4 Å². The molecule has 0 amide bonds. The number of hydrogen-bond donors (Lipinski definition) is 2. The lowest BCUT2D eigenvalue weighted by Crippen LogP contribution is -2.57. The summed E-state index contributed by atoms with van der Waals surface area (Å²) in [6.07, 6.45) is 7.86. The van der Waals surface area contributed by atoms with Gasteiger partial charge in [0.1, 0.15) is 0 Å². The number of carboxylic acid groups (broad SMARTS) is 1. The number of carboxylic acids is 1. The van der Waals surface area contributed by atoms with Crippen molar-refractivity contribution in [3.05, 3.63) is 71.5 Å². The predicted molar refractivity (Wildman–Crippen MR) is 128 cm³/mol. The van der Waals surface area contributed by atoms with Gasteiger partial charge in [-0.3, -0.25) is 0 Å². The number of ether oxygens (including phenoxy) is 2. The van der Waals surface area contributed by atoms with Crippen LogP contribution in [0.1, 0.15) is 66.7 Å². The Hall–Kier alpha value is -3.19. The van der Waals surface area contributed by atoms with E-state index < -0.39 is 23.5 Å². The van der Waals surface area contributed by atoms with Crippen LogP contribution in [0.3, 0.4) is 0 Å². The lowest BCUT2D eigenvalue weighted by molar-refractivity contribution is -0.152. The second kappa shape index (κ2) is 9.46. The molecule has 0 aromatic heterocycles. The number of aromatic carboxylic acids is 1. The number of allylic oxidation sites excluding steroid dienone is 2. The van der Waals surface area contributed by atoms with Crippen LogP contribution >= 0.6 is 0 Å². The van der Waals surface area contributed by atoms with Crippen molar-refractivity contribution in [3.8, 4) is 0 Å². The van der Waals surface area contributed by atoms with Crippen LogP contribution in [-0.4, -0.2) is 40.8 Å². The number of carbonyl (C=O) groups is 3. The molecule has 0 bridgehead atoms. The van der Waals surface area contributed by atoms with Crippen molar-refractivity contribution in [3.63, 3.8) is 0 Å². The van der Waals surface area contributed by atoms with Crippen molar-refractivity contribution in [1.29, 1.82) is 0 Å². The summed E-state index contributed by atoms with van der Waals surface area (Å²) in [4.78, 5) is 36.3. The number of cyclic esters (lactones) is 1. The van der Waals surface area contributed by atoms with Crippen LogP contribution < -0.4 is 0 Å². The van der Waals surface area contributed by atoms with Gasteiger partial charge in [-0.2, -0.15) is 0 Å². The zero-order valence-corrected chi connectivity index (χ0v) is 20.2. The Labute approximate surface area is 205 Å². The van der Waals surface area contributed by atoms with Crippen LogP contribution in [-0.2, 0) is 14.3 Å². The Balaban J connectivity index is 1.57. The summed E-state index contributed by atoms with van der Waals surface area (Å²) in [5.41, 5.74) is 0.625. The van der Waals surface area contributed by atoms with Gasteiger partial charge in [-0.05, 0) is 67.6 Å². The van der Waals surface area contributed by atoms with Crippen LogP contribution in [0.2, 0.25) is 0 Å². The fourth-order valence-corrected chi connectivity index (χ4v) is 6.46. The molecule has 0 spiro atoms. The van der Waals surface area contributed by atoms with Crippen LogP contribution in [0.4, 0.5) is 0 Å². The number of hydrogen-bond acceptors (Lipinski definition) is 6. The van der Waals surface area contributed by atoms with Crippen molar-refractivity contribution in [2.75, 3.05) is 6.61 Å². The molecule has 2 N–H and O–H groups in total. The first-order chi connectivity index (χ1) is 16.6. The van der Waals surface area contributed by atoms with E-state index in [0.717, 1.165) is 24.8 Å². The maximum absolute atomic E-state index is 12.9. The van der Waals surface area contributed by atoms with Gasteiger partial charge in [0, 0.05) is 5.41 Å². The largest absolute Gasteiger partial charge is 0.478 e. The first-order valence-corrected chi connectivity index (χ1v) is 12.0. The van der Waals surface area contributed by atoms with Gasteiger partial charge in [0.15, 0.2) is 0 Å². The Bertz CT molecular complexity index is 1120. The van der Waals surface area contributed by atoms with E-state index in [-0.39, 0.29) is 41.0 Å². The zero-order valence-electron chi connectivity index (χ0n) is 20.2. The van der Waals surface area contributed by atoms with Crippen molar-refractivity contribution in [2.24, 2.45) is 22.7 Å². The molecule has 5 atom stereocenters. The molecule has 2 saturated carbocycles. The molecule has 1 aromatic carbocycles. The quantitative estimate of drug-likeness (QED) is 0.346. The Morgan fingerprint density at radius 1 is 1.23 bits per heavy atom. The van der Waals surface area contributed by atoms with Gasteiger partial charge in [0.25, 0.3) is 0 Å². The highest BCUT2D eigenvalue weighted by molar-refractivity contribution is 6.02. The molecule has 3 aliphatic rings. The molecule has 4 rings (SSSR count). The number of benzene rings is 1. The minimum Gasteiger partial charge on any atom is -0.478 e. The second-order valence-corrected chi connectivity index (χ2v) is 10.4. The lowest BCUT2D eigenvalue weighted by atomic mass is 9.46. The first-order valence-electron chi connectivity index (χ1n) is 12.0. The number of aliphatic hydroxyl groups is 1. The van der Waals surface area contributed by atoms with Crippen molar-refractivity contribution in [1.82, 2.24) is 0 Å². The molecule has 186 valence electrons. The van der Waals surface area contributed by atoms with E-state index in [4.69, 9.17) is 9.47 Å². The van der Waals surface area contributed by atoms with Gasteiger partial charge in [-0.15, -0.1) is 0 Å². The van der Waals surface area contributed by atoms with Crippen molar-refractivity contribution >= 4 is 17.9 Å². The predicted octanol–water partition coefficient (Wildman–Crippen LogP) is 4.68. The number of aliphatic hydroxyl groups excluding tert-OH is 1. The highest BCUT2D eigenvalue weighted by atomic mass is 16.5. The van der Waals surface area contributed by atoms with Crippen LogP contribution in [0.25, 0.3) is 0 Å². The summed E-state index contributed by atoms with van der Waals surface area (Å²) in [6, 6.07) is 5.96. The van der Waals surface area contributed by atoms with Gasteiger partial charge >= 0.3 is 17.9 Å². The minimum atomic E-state index is -1.20. The van der Waals surface area contributed by atoms with E-state index in [2.05, 4.69) is 13.5 Å². The van der Waals surface area contributed by atoms with Crippen LogP contribution in [0.5, 0.6) is 0 Å². The van der Waals surface area contributed by atoms with E-state index in [9.17, 15) is 24.6 Å². The molecule has 1 unspecified atom stereocenters. The summed E-state index contributed by atoms with van der Waals surface area (Å²) in [7, 11) is 0. The molecule has 2 fully saturated rings. The van der Waals surface area contributed by atoms with Crippen molar-refractivity contribution in [2.45, 2.75) is 52.1 Å². The maximum Gasteiger partial charge on any atom is 0.342 e. The third kappa shape index (κ3) is 4.45. The molecule has 7 nitrogen and oxygen atoms in total. The average Bonchev–Trinajstić information content (AvgIpc) is 3.24. The fraction of sp³-hybridized carbons (Fsp3) is 0.464. The highest BCUT2D eigenvalue weighted by Gasteiger charge is 2.58. The fourth-order valence-electron chi connectivity index (χ4n) is 6.46. The minimum absolute atomic E-state index is 0.00492. The topological polar surface area (TPSA) is 110 Å². The number of carbonyl (C=O) groups excluding carboxylic acids is 2. The van der Waals surface area contributed by atoms with E-state index in [1.54, 1.807) is 18.2 Å². The SMILES string of the molecule is C=C1CCC2[C@](C)(COC(=O)c3ccccc3C(=O)O)[C@H](O)CC[C@@]2(C)[C@@H]1C/C=C1\C=COC1=O. The molecule has 0 saturated heterocycles. The van der Waals surface area contributed by atoms with E-state index in [1.807, 2.05) is 13.0 Å². The number of rotatable bonds is 6. The summed E-state index contributed by atoms with van der Waals surface area (Å²) >= 11 is 0. The average molecular weight is 481 g/mol. The third-order valence-electron chi connectivity index (χ3n) is 8.48. The van der Waals surface area contributed by atoms with Gasteiger partial charge in [-0.1, -0.05) is 44.2 Å². The third-order valence-corrected chi connectivity index (χ3v) is 8.48. The smallest absolute Gasteiger partial charge is 0.342 e. The van der Waals surface area contributed by atoms with E-state index in [0.29, 0.717) is 18.4 Å². The summed E-state index contributed by atoms with van der Waals surface area (Å²) in [5, 5.41) is 20.5. The van der Waals surface area contributed by atoms with E-state index >= 15 is 0 Å². The second-order valence-electron chi connectivity index (χ2n) is 10.4. The first kappa shape index (κ1) is 24.9. The molecular weight excluding hydrogens is 448 g/mol. The molecule has 1 heterocycles. The van der Waals surface area contributed by atoms with Gasteiger partial charge in [-0.25, -0.2) is 14.4 Å². The van der Waals surface area contributed by atoms with Gasteiger partial charge in [0.2, 0.25) is 0 Å². The summed E-state index contributed by atoms with van der Waals surface area (Å²) < 4.78 is 10.6. The molecular formula is C28H32O7. The summed E-state index contributed by atoms with van der Waals surface area (Å²) in [5.74, 6) is -2.12.